The average molecular weight is 328 g/mol. The summed E-state index contributed by atoms with van der Waals surface area (Å²) >= 11 is 0. The molecule has 0 aliphatic carbocycles. The molecule has 1 N–H and O–H groups in total. The maximum absolute atomic E-state index is 12.9. The molecule has 0 aliphatic heterocycles. The fraction of sp³-hybridized carbons (Fsp3) is 0.350. The summed E-state index contributed by atoms with van der Waals surface area (Å²) in [7, 11) is 4.01. The van der Waals surface area contributed by atoms with E-state index in [1.54, 1.807) is 12.1 Å². The van der Waals surface area contributed by atoms with Crippen LogP contribution in [0.15, 0.2) is 54.6 Å². The topological polar surface area (TPSA) is 32.3 Å². The van der Waals surface area contributed by atoms with Crippen molar-refractivity contribution in [3.8, 4) is 0 Å². The van der Waals surface area contributed by atoms with Gasteiger partial charge in [0, 0.05) is 12.5 Å². The number of hydrogen-bond acceptors (Lipinski definition) is 2. The van der Waals surface area contributed by atoms with Crippen LogP contribution in [0.25, 0.3) is 0 Å². The van der Waals surface area contributed by atoms with Crippen molar-refractivity contribution in [1.29, 1.82) is 0 Å². The van der Waals surface area contributed by atoms with Gasteiger partial charge >= 0.3 is 0 Å². The van der Waals surface area contributed by atoms with Gasteiger partial charge in [-0.05, 0) is 43.8 Å². The van der Waals surface area contributed by atoms with Crippen LogP contribution in [0.1, 0.15) is 24.1 Å². The van der Waals surface area contributed by atoms with Crippen molar-refractivity contribution in [3.05, 3.63) is 71.5 Å². The zero-order chi connectivity index (χ0) is 17.5. The van der Waals surface area contributed by atoms with Crippen LogP contribution in [0.5, 0.6) is 0 Å². The minimum absolute atomic E-state index is 0.0158. The Hall–Kier alpha value is -2.20. The van der Waals surface area contributed by atoms with E-state index in [1.807, 2.05) is 39.2 Å². The van der Waals surface area contributed by atoms with Crippen LogP contribution in [0.3, 0.4) is 0 Å². The van der Waals surface area contributed by atoms with Gasteiger partial charge in [0.2, 0.25) is 5.91 Å². The summed E-state index contributed by atoms with van der Waals surface area (Å²) in [6, 6.07) is 16.6. The first kappa shape index (κ1) is 18.1. The Morgan fingerprint density at radius 1 is 1.08 bits per heavy atom. The summed E-state index contributed by atoms with van der Waals surface area (Å²) in [6.45, 7) is 2.45. The van der Waals surface area contributed by atoms with Gasteiger partial charge in [-0.1, -0.05) is 49.4 Å². The Morgan fingerprint density at radius 3 is 2.29 bits per heavy atom. The standard InChI is InChI=1S/C20H25FN2O/c1-15(13-16-9-11-18(21)12-10-16)20(24)22-14-19(23(2)3)17-7-5-4-6-8-17/h4-12,15,19H,13-14H2,1-3H3,(H,22,24). The predicted molar refractivity (Wildman–Crippen MR) is 95.1 cm³/mol. The number of benzene rings is 2. The predicted octanol–water partition coefficient (Wildman–Crippen LogP) is 3.42. The van der Waals surface area contributed by atoms with E-state index >= 15 is 0 Å². The van der Waals surface area contributed by atoms with E-state index in [0.717, 1.165) is 5.56 Å². The Kier molecular flexibility index (Phi) is 6.50. The van der Waals surface area contributed by atoms with Gasteiger partial charge in [0.05, 0.1) is 6.04 Å². The first-order valence-corrected chi connectivity index (χ1v) is 8.21. The van der Waals surface area contributed by atoms with Crippen molar-refractivity contribution in [2.75, 3.05) is 20.6 Å². The third-order valence-electron chi connectivity index (χ3n) is 4.18. The van der Waals surface area contributed by atoms with E-state index in [9.17, 15) is 9.18 Å². The number of nitrogens with one attached hydrogen (secondary N) is 1. The van der Waals surface area contributed by atoms with Gasteiger partial charge in [-0.25, -0.2) is 4.39 Å². The highest BCUT2D eigenvalue weighted by Crippen LogP contribution is 2.17. The quantitative estimate of drug-likeness (QED) is 0.844. The normalized spacial score (nSPS) is 13.5. The van der Waals surface area contributed by atoms with Crippen LogP contribution in [-0.4, -0.2) is 31.4 Å². The Morgan fingerprint density at radius 2 is 1.71 bits per heavy atom. The van der Waals surface area contributed by atoms with Gasteiger partial charge in [-0.15, -0.1) is 0 Å². The molecule has 3 nitrogen and oxygen atoms in total. The third kappa shape index (κ3) is 5.17. The van der Waals surface area contributed by atoms with Gasteiger partial charge in [0.1, 0.15) is 5.82 Å². The summed E-state index contributed by atoms with van der Waals surface area (Å²) in [5, 5.41) is 3.04. The molecule has 2 rings (SSSR count). The fourth-order valence-electron chi connectivity index (χ4n) is 2.71. The lowest BCUT2D eigenvalue weighted by atomic mass is 10.00. The molecule has 0 bridgehead atoms. The molecule has 0 saturated heterocycles. The minimum atomic E-state index is -0.257. The highest BCUT2D eigenvalue weighted by atomic mass is 19.1. The summed E-state index contributed by atoms with van der Waals surface area (Å²) in [5.74, 6) is -0.399. The lowest BCUT2D eigenvalue weighted by Crippen LogP contribution is -2.37. The molecule has 4 heteroatoms. The number of carbonyl (C=O) groups is 1. The monoisotopic (exact) mass is 328 g/mol. The number of halogens is 1. The van der Waals surface area contributed by atoms with E-state index in [0.29, 0.717) is 13.0 Å². The number of likely N-dealkylation sites (N-methyl/N-ethyl adjacent to an activating group) is 1. The molecule has 0 radical (unpaired) electrons. The number of rotatable bonds is 7. The number of amides is 1. The molecule has 2 aromatic carbocycles. The third-order valence-corrected chi connectivity index (χ3v) is 4.18. The van der Waals surface area contributed by atoms with Crippen molar-refractivity contribution in [2.24, 2.45) is 5.92 Å². The molecule has 2 aromatic rings. The van der Waals surface area contributed by atoms with Crippen molar-refractivity contribution in [1.82, 2.24) is 10.2 Å². The molecule has 0 aromatic heterocycles. The molecule has 0 saturated carbocycles. The lowest BCUT2D eigenvalue weighted by molar-refractivity contribution is -0.124. The van der Waals surface area contributed by atoms with Crippen LogP contribution in [0.2, 0.25) is 0 Å². The molecule has 128 valence electrons. The van der Waals surface area contributed by atoms with Gasteiger partial charge in [0.25, 0.3) is 0 Å². The van der Waals surface area contributed by atoms with E-state index in [4.69, 9.17) is 0 Å². The fourth-order valence-corrected chi connectivity index (χ4v) is 2.71. The Balaban J connectivity index is 1.91. The Bertz CT molecular complexity index is 640. The second-order valence-corrected chi connectivity index (χ2v) is 6.37. The lowest BCUT2D eigenvalue weighted by Gasteiger charge is -2.25. The number of nitrogens with zero attached hydrogens (tertiary/aromatic N) is 1. The van der Waals surface area contributed by atoms with Crippen molar-refractivity contribution >= 4 is 5.91 Å². The maximum atomic E-state index is 12.9. The van der Waals surface area contributed by atoms with Gasteiger partial charge in [-0.3, -0.25) is 4.79 Å². The molecular formula is C20H25FN2O. The van der Waals surface area contributed by atoms with Crippen LogP contribution < -0.4 is 5.32 Å². The van der Waals surface area contributed by atoms with Crippen molar-refractivity contribution < 1.29 is 9.18 Å². The molecule has 0 heterocycles. The highest BCUT2D eigenvalue weighted by Gasteiger charge is 2.18. The molecule has 2 unspecified atom stereocenters. The van der Waals surface area contributed by atoms with Gasteiger partial charge in [-0.2, -0.15) is 0 Å². The van der Waals surface area contributed by atoms with Gasteiger partial charge in [0.15, 0.2) is 0 Å². The molecular weight excluding hydrogens is 303 g/mol. The van der Waals surface area contributed by atoms with E-state index in [1.165, 1.54) is 17.7 Å². The first-order valence-electron chi connectivity index (χ1n) is 8.21. The minimum Gasteiger partial charge on any atom is -0.354 e. The van der Waals surface area contributed by atoms with Crippen molar-refractivity contribution in [3.63, 3.8) is 0 Å². The Labute approximate surface area is 143 Å². The summed E-state index contributed by atoms with van der Waals surface area (Å²) in [4.78, 5) is 14.5. The molecule has 1 amide bonds. The summed E-state index contributed by atoms with van der Waals surface area (Å²) < 4.78 is 12.9. The molecule has 24 heavy (non-hydrogen) atoms. The number of carbonyl (C=O) groups excluding carboxylic acids is 1. The molecule has 0 spiro atoms. The van der Waals surface area contributed by atoms with E-state index in [-0.39, 0.29) is 23.7 Å². The smallest absolute Gasteiger partial charge is 0.223 e. The second-order valence-electron chi connectivity index (χ2n) is 6.37. The van der Waals surface area contributed by atoms with Crippen LogP contribution in [-0.2, 0) is 11.2 Å². The zero-order valence-electron chi connectivity index (χ0n) is 14.5. The zero-order valence-corrected chi connectivity index (χ0v) is 14.5. The van der Waals surface area contributed by atoms with Crippen molar-refractivity contribution in [2.45, 2.75) is 19.4 Å². The average Bonchev–Trinajstić information content (AvgIpc) is 2.57. The number of hydrogen-bond donors (Lipinski definition) is 1. The SMILES string of the molecule is CC(Cc1ccc(F)cc1)C(=O)NCC(c1ccccc1)N(C)C. The first-order chi connectivity index (χ1) is 11.5. The van der Waals surface area contributed by atoms with E-state index < -0.39 is 0 Å². The van der Waals surface area contributed by atoms with Gasteiger partial charge < -0.3 is 10.2 Å². The van der Waals surface area contributed by atoms with Crippen LogP contribution in [0.4, 0.5) is 4.39 Å². The second kappa shape index (κ2) is 8.60. The molecule has 0 aliphatic rings. The molecule has 2 atom stereocenters. The van der Waals surface area contributed by atoms with E-state index in [2.05, 4.69) is 22.3 Å². The molecule has 0 fully saturated rings. The highest BCUT2D eigenvalue weighted by molar-refractivity contribution is 5.78. The maximum Gasteiger partial charge on any atom is 0.223 e. The largest absolute Gasteiger partial charge is 0.354 e. The summed E-state index contributed by atoms with van der Waals surface area (Å²) in [5.41, 5.74) is 2.14. The summed E-state index contributed by atoms with van der Waals surface area (Å²) in [6.07, 6.45) is 0.601. The van der Waals surface area contributed by atoms with Crippen LogP contribution in [0, 0.1) is 11.7 Å². The van der Waals surface area contributed by atoms with Crippen LogP contribution >= 0.6 is 0 Å².